The number of alkyl halides is 5. The topological polar surface area (TPSA) is 68.0 Å². The summed E-state index contributed by atoms with van der Waals surface area (Å²) in [7, 11) is 0. The van der Waals surface area contributed by atoms with Crippen LogP contribution in [0.5, 0.6) is 0 Å². The van der Waals surface area contributed by atoms with Gasteiger partial charge in [0.1, 0.15) is 0 Å². The average Bonchev–Trinajstić information content (AvgIpc) is 3.09. The molecule has 0 unspecified atom stereocenters. The standard InChI is InChI=1S/C18H12F5N3O2/c1-10-24-16(26-28-10)17(19,20)12-6-8-14(9-7-12)25-15(27)11-2-4-13(5-3-11)18(21,22)23/h2-9H,1H3,(H,25,27). The summed E-state index contributed by atoms with van der Waals surface area (Å²) < 4.78 is 70.9. The van der Waals surface area contributed by atoms with E-state index in [4.69, 9.17) is 0 Å². The van der Waals surface area contributed by atoms with Crippen molar-refractivity contribution in [1.82, 2.24) is 10.1 Å². The van der Waals surface area contributed by atoms with Crippen LogP contribution in [0.2, 0.25) is 0 Å². The van der Waals surface area contributed by atoms with Crippen LogP contribution >= 0.6 is 0 Å². The molecular weight excluding hydrogens is 385 g/mol. The lowest BCUT2D eigenvalue weighted by atomic mass is 10.1. The summed E-state index contributed by atoms with van der Waals surface area (Å²) in [5.74, 6) is -4.96. The van der Waals surface area contributed by atoms with Crippen molar-refractivity contribution in [1.29, 1.82) is 0 Å². The Bertz CT molecular complexity index is 980. The summed E-state index contributed by atoms with van der Waals surface area (Å²) in [5, 5.41) is 5.64. The quantitative estimate of drug-likeness (QED) is 0.643. The van der Waals surface area contributed by atoms with Gasteiger partial charge in [-0.3, -0.25) is 4.79 Å². The fourth-order valence-electron chi connectivity index (χ4n) is 2.33. The van der Waals surface area contributed by atoms with Gasteiger partial charge in [-0.2, -0.15) is 26.9 Å². The molecule has 0 aliphatic carbocycles. The van der Waals surface area contributed by atoms with Crippen LogP contribution in [0, 0.1) is 6.92 Å². The first-order valence-electron chi connectivity index (χ1n) is 7.85. The molecule has 3 rings (SSSR count). The van der Waals surface area contributed by atoms with Crippen molar-refractivity contribution in [3.8, 4) is 0 Å². The number of nitrogens with one attached hydrogen (secondary N) is 1. The van der Waals surface area contributed by atoms with E-state index in [1.807, 2.05) is 0 Å². The maximum Gasteiger partial charge on any atom is 0.416 e. The highest BCUT2D eigenvalue weighted by Crippen LogP contribution is 2.34. The maximum absolute atomic E-state index is 14.3. The molecule has 5 nitrogen and oxygen atoms in total. The molecule has 0 atom stereocenters. The Labute approximate surface area is 155 Å². The zero-order chi connectivity index (χ0) is 20.5. The van der Waals surface area contributed by atoms with E-state index < -0.39 is 35.0 Å². The zero-order valence-electron chi connectivity index (χ0n) is 14.2. The van der Waals surface area contributed by atoms with Crippen molar-refractivity contribution in [2.75, 3.05) is 5.32 Å². The summed E-state index contributed by atoms with van der Waals surface area (Å²) in [6.07, 6.45) is -4.51. The van der Waals surface area contributed by atoms with E-state index in [0.29, 0.717) is 0 Å². The minimum Gasteiger partial charge on any atom is -0.339 e. The number of anilines is 1. The average molecular weight is 397 g/mol. The van der Waals surface area contributed by atoms with Gasteiger partial charge in [0.2, 0.25) is 11.7 Å². The van der Waals surface area contributed by atoms with Crippen LogP contribution in [0.25, 0.3) is 0 Å². The third-order valence-electron chi connectivity index (χ3n) is 3.79. The lowest BCUT2D eigenvalue weighted by Crippen LogP contribution is -2.17. The number of nitrogens with zero attached hydrogens (tertiary/aromatic N) is 2. The molecule has 0 aliphatic rings. The largest absolute Gasteiger partial charge is 0.416 e. The number of amides is 1. The third kappa shape index (κ3) is 4.00. The predicted molar refractivity (Wildman–Crippen MR) is 87.9 cm³/mol. The molecule has 2 aromatic carbocycles. The number of aromatic nitrogens is 2. The van der Waals surface area contributed by atoms with Crippen molar-refractivity contribution in [3.63, 3.8) is 0 Å². The molecule has 1 N–H and O–H groups in total. The first kappa shape index (κ1) is 19.5. The van der Waals surface area contributed by atoms with Crippen molar-refractivity contribution in [2.45, 2.75) is 19.0 Å². The highest BCUT2D eigenvalue weighted by atomic mass is 19.4. The molecule has 1 amide bonds. The molecule has 146 valence electrons. The van der Waals surface area contributed by atoms with Crippen molar-refractivity contribution in [3.05, 3.63) is 76.9 Å². The molecule has 28 heavy (non-hydrogen) atoms. The first-order chi connectivity index (χ1) is 13.1. The van der Waals surface area contributed by atoms with Gasteiger partial charge in [-0.1, -0.05) is 17.3 Å². The molecule has 0 radical (unpaired) electrons. The molecular formula is C18H12F5N3O2. The second-order valence-electron chi connectivity index (χ2n) is 5.82. The monoisotopic (exact) mass is 397 g/mol. The summed E-state index contributed by atoms with van der Waals surface area (Å²) in [4.78, 5) is 15.6. The van der Waals surface area contributed by atoms with E-state index in [-0.39, 0.29) is 17.1 Å². The Kier molecular flexibility index (Phi) is 4.88. The fourth-order valence-corrected chi connectivity index (χ4v) is 2.33. The van der Waals surface area contributed by atoms with Gasteiger partial charge in [0.25, 0.3) is 5.91 Å². The number of rotatable bonds is 4. The molecule has 0 bridgehead atoms. The lowest BCUT2D eigenvalue weighted by molar-refractivity contribution is -0.137. The van der Waals surface area contributed by atoms with E-state index in [2.05, 4.69) is 20.0 Å². The van der Waals surface area contributed by atoms with Crippen LogP contribution in [0.15, 0.2) is 53.1 Å². The number of carbonyl (C=O) groups excluding carboxylic acids is 1. The van der Waals surface area contributed by atoms with E-state index in [1.54, 1.807) is 0 Å². The normalized spacial score (nSPS) is 12.1. The van der Waals surface area contributed by atoms with Crippen LogP contribution in [0.3, 0.4) is 0 Å². The molecule has 0 fully saturated rings. The van der Waals surface area contributed by atoms with Gasteiger partial charge in [-0.05, 0) is 36.4 Å². The smallest absolute Gasteiger partial charge is 0.339 e. The van der Waals surface area contributed by atoms with Gasteiger partial charge in [0.05, 0.1) is 5.56 Å². The molecule has 1 aromatic heterocycles. The second kappa shape index (κ2) is 7.02. The summed E-state index contributed by atoms with van der Waals surface area (Å²) >= 11 is 0. The number of halogens is 5. The highest BCUT2D eigenvalue weighted by molar-refractivity contribution is 6.04. The number of aryl methyl sites for hydroxylation is 1. The van der Waals surface area contributed by atoms with Gasteiger partial charge in [0, 0.05) is 23.7 Å². The Morgan fingerprint density at radius 3 is 2.00 bits per heavy atom. The van der Waals surface area contributed by atoms with Gasteiger partial charge in [-0.25, -0.2) is 0 Å². The summed E-state index contributed by atoms with van der Waals surface area (Å²) in [6.45, 7) is 1.38. The Hall–Kier alpha value is -3.30. The van der Waals surface area contributed by atoms with Crippen LogP contribution in [0.4, 0.5) is 27.6 Å². The summed E-state index contributed by atoms with van der Waals surface area (Å²) in [6, 6.07) is 8.24. The van der Waals surface area contributed by atoms with E-state index in [1.165, 1.54) is 19.1 Å². The molecule has 1 heterocycles. The zero-order valence-corrected chi connectivity index (χ0v) is 14.2. The third-order valence-corrected chi connectivity index (χ3v) is 3.79. The van der Waals surface area contributed by atoms with Crippen LogP contribution < -0.4 is 5.32 Å². The highest BCUT2D eigenvalue weighted by Gasteiger charge is 2.39. The van der Waals surface area contributed by atoms with Gasteiger partial charge >= 0.3 is 12.1 Å². The molecule has 0 saturated carbocycles. The molecule has 0 spiro atoms. The minimum absolute atomic E-state index is 0.00454. The Morgan fingerprint density at radius 1 is 0.929 bits per heavy atom. The van der Waals surface area contributed by atoms with Crippen LogP contribution in [0.1, 0.15) is 33.2 Å². The van der Waals surface area contributed by atoms with Gasteiger partial charge < -0.3 is 9.84 Å². The van der Waals surface area contributed by atoms with Gasteiger partial charge in [-0.15, -0.1) is 0 Å². The number of benzene rings is 2. The Morgan fingerprint density at radius 2 is 1.50 bits per heavy atom. The SMILES string of the molecule is Cc1nc(C(F)(F)c2ccc(NC(=O)c3ccc(C(F)(F)F)cc3)cc2)no1. The lowest BCUT2D eigenvalue weighted by Gasteiger charge is -2.13. The molecule has 0 aliphatic heterocycles. The maximum atomic E-state index is 14.3. The van der Waals surface area contributed by atoms with Crippen molar-refractivity contribution in [2.24, 2.45) is 0 Å². The first-order valence-corrected chi connectivity index (χ1v) is 7.85. The van der Waals surface area contributed by atoms with E-state index >= 15 is 0 Å². The molecule has 3 aromatic rings. The number of carbonyl (C=O) groups is 1. The van der Waals surface area contributed by atoms with E-state index in [9.17, 15) is 26.7 Å². The number of hydrogen-bond acceptors (Lipinski definition) is 4. The van der Waals surface area contributed by atoms with Crippen molar-refractivity contribution >= 4 is 11.6 Å². The molecule has 0 saturated heterocycles. The van der Waals surface area contributed by atoms with Crippen LogP contribution in [-0.4, -0.2) is 16.0 Å². The van der Waals surface area contributed by atoms with Crippen LogP contribution in [-0.2, 0) is 12.1 Å². The van der Waals surface area contributed by atoms with Crippen molar-refractivity contribution < 1.29 is 31.3 Å². The summed E-state index contributed by atoms with van der Waals surface area (Å²) in [5.41, 5.74) is -1.12. The fraction of sp³-hybridized carbons (Fsp3) is 0.167. The predicted octanol–water partition coefficient (Wildman–Crippen LogP) is 4.79. The van der Waals surface area contributed by atoms with E-state index in [0.717, 1.165) is 36.4 Å². The Balaban J connectivity index is 1.73. The minimum atomic E-state index is -4.51. The second-order valence-corrected chi connectivity index (χ2v) is 5.82. The molecule has 10 heteroatoms. The van der Waals surface area contributed by atoms with Gasteiger partial charge in [0.15, 0.2) is 0 Å². The number of hydrogen-bond donors (Lipinski definition) is 1.